The first-order chi connectivity index (χ1) is 6.09. The highest BCUT2D eigenvalue weighted by atomic mass is 16.3. The number of nitrogens with one attached hydrogen (secondary N) is 1. The van der Waals surface area contributed by atoms with E-state index in [2.05, 4.69) is 24.1 Å². The predicted molar refractivity (Wildman–Crippen MR) is 54.8 cm³/mol. The van der Waals surface area contributed by atoms with Crippen LogP contribution in [0.4, 0.5) is 0 Å². The maximum Gasteiger partial charge on any atom is 0.0636 e. The molecule has 1 aliphatic heterocycles. The van der Waals surface area contributed by atoms with Gasteiger partial charge in [0.05, 0.1) is 6.10 Å². The number of hydrogen-bond acceptors (Lipinski definition) is 3. The van der Waals surface area contributed by atoms with Crippen LogP contribution < -0.4 is 5.32 Å². The predicted octanol–water partition coefficient (Wildman–Crippen LogP) is 0.439. The first kappa shape index (κ1) is 11.0. The van der Waals surface area contributed by atoms with Gasteiger partial charge in [-0.3, -0.25) is 4.90 Å². The summed E-state index contributed by atoms with van der Waals surface area (Å²) in [7, 11) is 0. The Morgan fingerprint density at radius 2 is 2.15 bits per heavy atom. The lowest BCUT2D eigenvalue weighted by atomic mass is 10.2. The van der Waals surface area contributed by atoms with Crippen molar-refractivity contribution in [2.24, 2.45) is 0 Å². The summed E-state index contributed by atoms with van der Waals surface area (Å²) in [6.45, 7) is 9.33. The molecule has 2 N–H and O–H groups in total. The van der Waals surface area contributed by atoms with Gasteiger partial charge in [-0.25, -0.2) is 0 Å². The van der Waals surface area contributed by atoms with Crippen LogP contribution in [0.25, 0.3) is 0 Å². The summed E-state index contributed by atoms with van der Waals surface area (Å²) < 4.78 is 0. The number of aliphatic hydroxyl groups is 1. The zero-order valence-corrected chi connectivity index (χ0v) is 8.95. The minimum absolute atomic E-state index is 0.229. The van der Waals surface area contributed by atoms with Gasteiger partial charge in [-0.15, -0.1) is 0 Å². The van der Waals surface area contributed by atoms with Crippen molar-refractivity contribution in [3.63, 3.8) is 0 Å². The quantitative estimate of drug-likeness (QED) is 0.669. The molecule has 0 aromatic carbocycles. The van der Waals surface area contributed by atoms with Gasteiger partial charge in [-0.1, -0.05) is 0 Å². The molecule has 0 spiro atoms. The molecule has 0 aliphatic carbocycles. The molecule has 3 heteroatoms. The van der Waals surface area contributed by atoms with Crippen LogP contribution in [0.1, 0.15) is 27.2 Å². The van der Waals surface area contributed by atoms with Crippen molar-refractivity contribution in [1.82, 2.24) is 10.2 Å². The highest BCUT2D eigenvalue weighted by Gasteiger charge is 2.23. The van der Waals surface area contributed by atoms with Gasteiger partial charge in [0, 0.05) is 25.2 Å². The monoisotopic (exact) mass is 186 g/mol. The molecule has 1 aliphatic rings. The smallest absolute Gasteiger partial charge is 0.0636 e. The third-order valence-corrected chi connectivity index (χ3v) is 2.65. The van der Waals surface area contributed by atoms with Gasteiger partial charge in [0.2, 0.25) is 0 Å². The van der Waals surface area contributed by atoms with Gasteiger partial charge < -0.3 is 10.4 Å². The molecular weight excluding hydrogens is 164 g/mol. The molecule has 3 nitrogen and oxygen atoms in total. The number of nitrogens with zero attached hydrogens (tertiary/aromatic N) is 1. The van der Waals surface area contributed by atoms with Crippen LogP contribution in [0.2, 0.25) is 0 Å². The van der Waals surface area contributed by atoms with Crippen LogP contribution in [0, 0.1) is 0 Å². The summed E-state index contributed by atoms with van der Waals surface area (Å²) >= 11 is 0. The Balaban J connectivity index is 2.17. The molecule has 2 atom stereocenters. The molecule has 0 aromatic heterocycles. The second kappa shape index (κ2) is 4.94. The van der Waals surface area contributed by atoms with Crippen molar-refractivity contribution in [2.45, 2.75) is 45.4 Å². The Labute approximate surface area is 81.1 Å². The molecule has 0 bridgehead atoms. The summed E-state index contributed by atoms with van der Waals surface area (Å²) in [4.78, 5) is 2.47. The van der Waals surface area contributed by atoms with Gasteiger partial charge in [-0.05, 0) is 33.7 Å². The van der Waals surface area contributed by atoms with Crippen molar-refractivity contribution in [3.05, 3.63) is 0 Å². The standard InChI is InChI=1S/C10H22N2O/c1-8(2)12-5-4-10(7-12)11-6-9(3)13/h8-11,13H,4-7H2,1-3H3. The number of likely N-dealkylation sites (tertiary alicyclic amines) is 1. The Bertz CT molecular complexity index is 148. The Morgan fingerprint density at radius 1 is 1.46 bits per heavy atom. The van der Waals surface area contributed by atoms with E-state index in [1.807, 2.05) is 6.92 Å². The average Bonchev–Trinajstić information content (AvgIpc) is 2.48. The van der Waals surface area contributed by atoms with E-state index in [0.29, 0.717) is 12.1 Å². The zero-order valence-electron chi connectivity index (χ0n) is 8.95. The summed E-state index contributed by atoms with van der Waals surface area (Å²) in [5.74, 6) is 0. The Hall–Kier alpha value is -0.120. The van der Waals surface area contributed by atoms with Crippen LogP contribution in [0.5, 0.6) is 0 Å². The van der Waals surface area contributed by atoms with Gasteiger partial charge in [0.25, 0.3) is 0 Å². The van der Waals surface area contributed by atoms with E-state index < -0.39 is 0 Å². The SMILES string of the molecule is CC(O)CNC1CCN(C(C)C)C1. The topological polar surface area (TPSA) is 35.5 Å². The maximum absolute atomic E-state index is 9.11. The van der Waals surface area contributed by atoms with Crippen LogP contribution in [0.15, 0.2) is 0 Å². The molecule has 1 fully saturated rings. The number of hydrogen-bond donors (Lipinski definition) is 2. The molecule has 0 aromatic rings. The van der Waals surface area contributed by atoms with E-state index in [1.54, 1.807) is 0 Å². The van der Waals surface area contributed by atoms with Gasteiger partial charge >= 0.3 is 0 Å². The molecular formula is C10H22N2O. The van der Waals surface area contributed by atoms with E-state index in [9.17, 15) is 0 Å². The zero-order chi connectivity index (χ0) is 9.84. The molecule has 0 saturated carbocycles. The fourth-order valence-electron chi connectivity index (χ4n) is 1.76. The second-order valence-corrected chi connectivity index (χ2v) is 4.33. The summed E-state index contributed by atoms with van der Waals surface area (Å²) in [5, 5.41) is 12.5. The minimum Gasteiger partial charge on any atom is -0.392 e. The van der Waals surface area contributed by atoms with Gasteiger partial charge in [0.15, 0.2) is 0 Å². The Morgan fingerprint density at radius 3 is 2.62 bits per heavy atom. The first-order valence-electron chi connectivity index (χ1n) is 5.25. The maximum atomic E-state index is 9.11. The van der Waals surface area contributed by atoms with Crippen molar-refractivity contribution in [1.29, 1.82) is 0 Å². The van der Waals surface area contributed by atoms with E-state index in [1.165, 1.54) is 13.0 Å². The molecule has 1 heterocycles. The third-order valence-electron chi connectivity index (χ3n) is 2.65. The highest BCUT2D eigenvalue weighted by molar-refractivity contribution is 4.82. The lowest BCUT2D eigenvalue weighted by Gasteiger charge is -2.20. The lowest BCUT2D eigenvalue weighted by Crippen LogP contribution is -2.38. The molecule has 1 saturated heterocycles. The molecule has 13 heavy (non-hydrogen) atoms. The summed E-state index contributed by atoms with van der Waals surface area (Å²) in [6, 6.07) is 1.23. The van der Waals surface area contributed by atoms with Crippen molar-refractivity contribution < 1.29 is 5.11 Å². The largest absolute Gasteiger partial charge is 0.392 e. The normalized spacial score (nSPS) is 27.0. The van der Waals surface area contributed by atoms with E-state index in [0.717, 1.165) is 13.1 Å². The fourth-order valence-corrected chi connectivity index (χ4v) is 1.76. The Kier molecular flexibility index (Phi) is 4.16. The van der Waals surface area contributed by atoms with Crippen molar-refractivity contribution >= 4 is 0 Å². The second-order valence-electron chi connectivity index (χ2n) is 4.33. The van der Waals surface area contributed by atoms with Gasteiger partial charge in [-0.2, -0.15) is 0 Å². The van der Waals surface area contributed by atoms with Crippen molar-refractivity contribution in [3.8, 4) is 0 Å². The van der Waals surface area contributed by atoms with Crippen LogP contribution in [0.3, 0.4) is 0 Å². The van der Waals surface area contributed by atoms with Gasteiger partial charge in [0.1, 0.15) is 0 Å². The lowest BCUT2D eigenvalue weighted by molar-refractivity contribution is 0.184. The number of rotatable bonds is 4. The van der Waals surface area contributed by atoms with E-state index in [4.69, 9.17) is 5.11 Å². The number of aliphatic hydroxyl groups excluding tert-OH is 1. The fraction of sp³-hybridized carbons (Fsp3) is 1.00. The van der Waals surface area contributed by atoms with Crippen molar-refractivity contribution in [2.75, 3.05) is 19.6 Å². The van der Waals surface area contributed by atoms with Crippen LogP contribution in [-0.4, -0.2) is 47.8 Å². The third kappa shape index (κ3) is 3.63. The molecule has 0 amide bonds. The minimum atomic E-state index is -0.229. The summed E-state index contributed by atoms with van der Waals surface area (Å²) in [6.07, 6.45) is 0.985. The van der Waals surface area contributed by atoms with Crippen LogP contribution in [-0.2, 0) is 0 Å². The van der Waals surface area contributed by atoms with E-state index >= 15 is 0 Å². The summed E-state index contributed by atoms with van der Waals surface area (Å²) in [5.41, 5.74) is 0. The molecule has 2 unspecified atom stereocenters. The first-order valence-corrected chi connectivity index (χ1v) is 5.25. The van der Waals surface area contributed by atoms with Crippen LogP contribution >= 0.6 is 0 Å². The molecule has 78 valence electrons. The van der Waals surface area contributed by atoms with E-state index in [-0.39, 0.29) is 6.10 Å². The average molecular weight is 186 g/mol. The molecule has 0 radical (unpaired) electrons. The molecule has 1 rings (SSSR count). The highest BCUT2D eigenvalue weighted by Crippen LogP contribution is 2.11.